The van der Waals surface area contributed by atoms with Crippen molar-refractivity contribution in [1.29, 1.82) is 0 Å². The van der Waals surface area contributed by atoms with Gasteiger partial charge in [-0.05, 0) is 98.9 Å². The average Bonchev–Trinajstić information content (AvgIpc) is 4.19. The van der Waals surface area contributed by atoms with Gasteiger partial charge in [-0.3, -0.25) is 19.6 Å². The largest absolute Gasteiger partial charge is 0.506 e. The summed E-state index contributed by atoms with van der Waals surface area (Å²) in [5.74, 6) is 0.771. The minimum absolute atomic E-state index is 0.0155. The Morgan fingerprint density at radius 3 is 1.60 bits per heavy atom. The van der Waals surface area contributed by atoms with Gasteiger partial charge < -0.3 is 35.1 Å². The lowest BCUT2D eigenvalue weighted by Gasteiger charge is -2.23. The van der Waals surface area contributed by atoms with Crippen LogP contribution >= 0.6 is 0 Å². The Labute approximate surface area is 366 Å². The van der Waals surface area contributed by atoms with Crippen molar-refractivity contribution < 1.29 is 34.0 Å². The SMILES string of the molecule is Cc1ccc(C(=O)NC2CC2)cc1-c1cnn(-c2cncc(O)c2)c1.Cc1ccc(C(=O)NC2CC2)cc1-c1cnn(-c2cncc(OC3CCOCC3)c2)c1.OC1CCOCC1. The first-order valence-electron chi connectivity index (χ1n) is 21.7. The van der Waals surface area contributed by atoms with Gasteiger partial charge in [-0.25, -0.2) is 9.36 Å². The summed E-state index contributed by atoms with van der Waals surface area (Å²) in [4.78, 5) is 33.0. The van der Waals surface area contributed by atoms with Crippen LogP contribution in [0.25, 0.3) is 33.6 Å². The molecule has 10 rings (SSSR count). The maximum absolute atomic E-state index is 12.5. The van der Waals surface area contributed by atoms with E-state index in [-0.39, 0.29) is 29.8 Å². The van der Waals surface area contributed by atoms with Crippen molar-refractivity contribution in [3.05, 3.63) is 120 Å². The van der Waals surface area contributed by atoms with E-state index >= 15 is 0 Å². The Hall–Kier alpha value is -6.42. The van der Waals surface area contributed by atoms with E-state index in [0.717, 1.165) is 123 Å². The summed E-state index contributed by atoms with van der Waals surface area (Å²) in [6.07, 6.45) is 21.6. The molecule has 0 bridgehead atoms. The van der Waals surface area contributed by atoms with E-state index in [0.29, 0.717) is 28.9 Å². The highest BCUT2D eigenvalue weighted by Crippen LogP contribution is 2.29. The molecule has 0 radical (unpaired) electrons. The topological polar surface area (TPSA) is 188 Å². The normalized spacial score (nSPS) is 16.5. The maximum Gasteiger partial charge on any atom is 0.251 e. The zero-order valence-electron chi connectivity index (χ0n) is 35.7. The van der Waals surface area contributed by atoms with Crippen LogP contribution in [0.4, 0.5) is 0 Å². The number of pyridine rings is 2. The highest BCUT2D eigenvalue weighted by molar-refractivity contribution is 5.96. The van der Waals surface area contributed by atoms with Crippen molar-refractivity contribution >= 4 is 11.8 Å². The van der Waals surface area contributed by atoms with Crippen LogP contribution in [0.2, 0.25) is 0 Å². The van der Waals surface area contributed by atoms with Crippen LogP contribution in [0.5, 0.6) is 11.5 Å². The molecule has 63 heavy (non-hydrogen) atoms. The molecule has 328 valence electrons. The third-order valence-electron chi connectivity index (χ3n) is 11.2. The molecule has 0 unspecified atom stereocenters. The highest BCUT2D eigenvalue weighted by Gasteiger charge is 2.25. The molecule has 0 atom stereocenters. The number of carbonyl (C=O) groups is 2. The Kier molecular flexibility index (Phi) is 13.8. The van der Waals surface area contributed by atoms with Crippen molar-refractivity contribution in [1.82, 2.24) is 40.2 Å². The molecule has 2 aromatic carbocycles. The van der Waals surface area contributed by atoms with E-state index in [1.165, 1.54) is 6.20 Å². The molecule has 4 aromatic heterocycles. The van der Waals surface area contributed by atoms with Crippen LogP contribution in [0.1, 0.15) is 83.2 Å². The van der Waals surface area contributed by atoms with Gasteiger partial charge in [0.05, 0.1) is 67.9 Å². The number of amides is 2. The summed E-state index contributed by atoms with van der Waals surface area (Å²) in [5.41, 5.74) is 8.81. The van der Waals surface area contributed by atoms with Gasteiger partial charge in [0.1, 0.15) is 17.6 Å². The second kappa shape index (κ2) is 20.2. The molecule has 2 saturated carbocycles. The summed E-state index contributed by atoms with van der Waals surface area (Å²) in [5, 5.41) is 33.3. The molecule has 4 aliphatic rings. The number of aromatic nitrogens is 6. The van der Waals surface area contributed by atoms with Crippen LogP contribution in [0.3, 0.4) is 0 Å². The molecular formula is C48H54N8O7. The first kappa shape index (κ1) is 43.2. The Morgan fingerprint density at radius 2 is 1.13 bits per heavy atom. The van der Waals surface area contributed by atoms with Gasteiger partial charge >= 0.3 is 0 Å². The zero-order valence-corrected chi connectivity index (χ0v) is 35.7. The number of nitrogens with one attached hydrogen (secondary N) is 2. The molecule has 2 aliphatic heterocycles. The molecule has 15 nitrogen and oxygen atoms in total. The van der Waals surface area contributed by atoms with Gasteiger partial charge in [0.2, 0.25) is 0 Å². The first-order chi connectivity index (χ1) is 30.6. The maximum atomic E-state index is 12.5. The molecule has 2 amide bonds. The lowest BCUT2D eigenvalue weighted by molar-refractivity contribution is 0.0140. The number of hydrogen-bond acceptors (Lipinski definition) is 11. The monoisotopic (exact) mass is 854 g/mol. The molecule has 2 aliphatic carbocycles. The van der Waals surface area contributed by atoms with E-state index in [2.05, 4.69) is 30.8 Å². The minimum Gasteiger partial charge on any atom is -0.506 e. The fraction of sp³-hybridized carbons (Fsp3) is 0.375. The fourth-order valence-corrected chi connectivity index (χ4v) is 7.16. The number of hydrogen-bond donors (Lipinski definition) is 4. The van der Waals surface area contributed by atoms with Gasteiger partial charge in [0.15, 0.2) is 0 Å². The number of nitrogens with zero attached hydrogens (tertiary/aromatic N) is 6. The van der Waals surface area contributed by atoms with E-state index in [1.54, 1.807) is 40.2 Å². The lowest BCUT2D eigenvalue weighted by Crippen LogP contribution is -2.25. The second-order valence-corrected chi connectivity index (χ2v) is 16.5. The molecule has 15 heteroatoms. The quantitative estimate of drug-likeness (QED) is 0.115. The summed E-state index contributed by atoms with van der Waals surface area (Å²) in [6, 6.07) is 15.7. The first-order valence-corrected chi connectivity index (χ1v) is 21.7. The van der Waals surface area contributed by atoms with Gasteiger partial charge in [-0.1, -0.05) is 12.1 Å². The van der Waals surface area contributed by atoms with Crippen molar-refractivity contribution in [2.75, 3.05) is 26.4 Å². The molecule has 6 heterocycles. The lowest BCUT2D eigenvalue weighted by atomic mass is 10.0. The Morgan fingerprint density at radius 1 is 0.635 bits per heavy atom. The number of carbonyl (C=O) groups excluding carboxylic acids is 2. The number of benzene rings is 2. The molecule has 4 fully saturated rings. The van der Waals surface area contributed by atoms with Crippen LogP contribution in [0.15, 0.2) is 98.1 Å². The molecule has 4 N–H and O–H groups in total. The van der Waals surface area contributed by atoms with Gasteiger partial charge in [-0.15, -0.1) is 0 Å². The van der Waals surface area contributed by atoms with Crippen LogP contribution in [-0.4, -0.2) is 102 Å². The van der Waals surface area contributed by atoms with Crippen molar-refractivity contribution in [3.63, 3.8) is 0 Å². The summed E-state index contributed by atoms with van der Waals surface area (Å²) < 4.78 is 19.9. The molecule has 2 saturated heterocycles. The number of ether oxygens (including phenoxy) is 3. The number of aliphatic hydroxyl groups is 1. The third-order valence-corrected chi connectivity index (χ3v) is 11.2. The van der Waals surface area contributed by atoms with Crippen LogP contribution < -0.4 is 15.4 Å². The smallest absolute Gasteiger partial charge is 0.251 e. The predicted molar refractivity (Wildman–Crippen MR) is 236 cm³/mol. The third kappa shape index (κ3) is 11.9. The Bertz CT molecular complexity index is 2500. The Balaban J connectivity index is 0.000000152. The second-order valence-electron chi connectivity index (χ2n) is 16.5. The number of aromatic hydroxyl groups is 1. The summed E-state index contributed by atoms with van der Waals surface area (Å²) in [7, 11) is 0. The van der Waals surface area contributed by atoms with E-state index in [9.17, 15) is 14.7 Å². The molecule has 0 spiro atoms. The van der Waals surface area contributed by atoms with E-state index in [4.69, 9.17) is 19.3 Å². The van der Waals surface area contributed by atoms with Crippen LogP contribution in [0, 0.1) is 13.8 Å². The number of aliphatic hydroxyl groups excluding tert-OH is 1. The highest BCUT2D eigenvalue weighted by atomic mass is 16.5. The van der Waals surface area contributed by atoms with Gasteiger partial charge in [0.25, 0.3) is 11.8 Å². The van der Waals surface area contributed by atoms with Crippen molar-refractivity contribution in [2.24, 2.45) is 0 Å². The summed E-state index contributed by atoms with van der Waals surface area (Å²) in [6.45, 7) is 6.99. The fourth-order valence-electron chi connectivity index (χ4n) is 7.16. The zero-order chi connectivity index (χ0) is 43.7. The molecular weight excluding hydrogens is 801 g/mol. The standard InChI is InChI=1S/C24H26N4O3.C19H18N4O2.C5H10O2/c1-16-2-3-17(24(29)27-19-4-5-19)10-23(16)18-12-26-28(15-18)20-11-22(14-25-13-20)31-21-6-8-30-9-7-21;1-12-2-3-13(19(25)22-15-4-5-15)6-18(12)14-8-21-23(11-14)16-7-17(24)10-20-9-16;6-5-1-3-7-4-2-5/h2-3,10-15,19,21H,4-9H2,1H3,(H,27,29);2-3,6-11,15,24H,4-5H2,1H3,(H,22,25);5-6H,1-4H2. The number of aryl methyl sites for hydroxylation is 2. The van der Waals surface area contributed by atoms with E-state index in [1.807, 2.05) is 74.9 Å². The van der Waals surface area contributed by atoms with Crippen LogP contribution in [-0.2, 0) is 9.47 Å². The van der Waals surface area contributed by atoms with Crippen molar-refractivity contribution in [3.8, 4) is 45.1 Å². The van der Waals surface area contributed by atoms with Gasteiger partial charge in [-0.2, -0.15) is 10.2 Å². The number of rotatable bonds is 10. The van der Waals surface area contributed by atoms with Gasteiger partial charge in [0, 0.05) is 84.9 Å². The predicted octanol–water partition coefficient (Wildman–Crippen LogP) is 6.69. The molecule has 6 aromatic rings. The average molecular weight is 855 g/mol. The summed E-state index contributed by atoms with van der Waals surface area (Å²) >= 11 is 0. The van der Waals surface area contributed by atoms with E-state index < -0.39 is 0 Å². The minimum atomic E-state index is -0.0891. The van der Waals surface area contributed by atoms with Crippen molar-refractivity contribution in [2.45, 2.75) is 89.5 Å².